The second-order valence-corrected chi connectivity index (χ2v) is 4.54. The monoisotopic (exact) mass is 267 g/mol. The number of aromatic nitrogens is 1. The number of Topliss-reactive ketones (excluding diaryl/α,β-unsaturated/α-hetero) is 1. The van der Waals surface area contributed by atoms with E-state index in [1.54, 1.807) is 12.3 Å². The highest BCUT2D eigenvalue weighted by molar-refractivity contribution is 6.03. The minimum Gasteiger partial charge on any atom is -0.487 e. The summed E-state index contributed by atoms with van der Waals surface area (Å²) >= 11 is 0. The zero-order valence-corrected chi connectivity index (χ0v) is 11.0. The first-order valence-electron chi connectivity index (χ1n) is 6.29. The number of carbonyl (C=O) groups is 1. The van der Waals surface area contributed by atoms with Gasteiger partial charge in [-0.1, -0.05) is 35.5 Å². The Kier molecular flexibility index (Phi) is 3.21. The summed E-state index contributed by atoms with van der Waals surface area (Å²) < 4.78 is 10.6. The molecule has 1 heterocycles. The summed E-state index contributed by atoms with van der Waals surface area (Å²) in [6, 6.07) is 11.6. The van der Waals surface area contributed by atoms with Crippen molar-refractivity contribution in [2.45, 2.75) is 13.5 Å². The first-order chi connectivity index (χ1) is 9.75. The van der Waals surface area contributed by atoms with Crippen LogP contribution in [0.2, 0.25) is 0 Å². The van der Waals surface area contributed by atoms with Crippen molar-refractivity contribution in [3.63, 3.8) is 0 Å². The fourth-order valence-corrected chi connectivity index (χ4v) is 2.13. The van der Waals surface area contributed by atoms with Crippen LogP contribution in [-0.4, -0.2) is 10.9 Å². The van der Waals surface area contributed by atoms with Crippen LogP contribution in [0, 0.1) is 0 Å². The van der Waals surface area contributed by atoms with Gasteiger partial charge in [-0.25, -0.2) is 0 Å². The predicted octanol–water partition coefficient (Wildman–Crippen LogP) is 3.61. The highest BCUT2D eigenvalue weighted by Gasteiger charge is 2.13. The molecule has 3 aromatic rings. The lowest BCUT2D eigenvalue weighted by Gasteiger charge is -2.12. The number of hydrogen-bond acceptors (Lipinski definition) is 4. The van der Waals surface area contributed by atoms with Crippen molar-refractivity contribution in [2.75, 3.05) is 0 Å². The minimum absolute atomic E-state index is 0.0175. The van der Waals surface area contributed by atoms with Crippen LogP contribution in [0.4, 0.5) is 0 Å². The van der Waals surface area contributed by atoms with Crippen LogP contribution in [0.25, 0.3) is 10.8 Å². The molecule has 1 aromatic heterocycles. The maximum atomic E-state index is 11.8. The molecule has 0 saturated carbocycles. The van der Waals surface area contributed by atoms with Crippen LogP contribution < -0.4 is 4.74 Å². The molecule has 20 heavy (non-hydrogen) atoms. The smallest absolute Gasteiger partial charge is 0.163 e. The fraction of sp³-hybridized carbons (Fsp3) is 0.125. The molecule has 4 nitrogen and oxygen atoms in total. The lowest BCUT2D eigenvalue weighted by Crippen LogP contribution is -2.02. The maximum Gasteiger partial charge on any atom is 0.163 e. The summed E-state index contributed by atoms with van der Waals surface area (Å²) in [5.41, 5.74) is 1.41. The summed E-state index contributed by atoms with van der Waals surface area (Å²) in [5.74, 6) is 0.591. The molecule has 0 saturated heterocycles. The van der Waals surface area contributed by atoms with E-state index in [1.807, 2.05) is 30.3 Å². The Morgan fingerprint density at radius 1 is 1.25 bits per heavy atom. The topological polar surface area (TPSA) is 52.3 Å². The Bertz CT molecular complexity index is 748. The lowest BCUT2D eigenvalue weighted by atomic mass is 10.0. The van der Waals surface area contributed by atoms with Crippen molar-refractivity contribution in [1.29, 1.82) is 0 Å². The van der Waals surface area contributed by atoms with Crippen LogP contribution in [0.5, 0.6) is 5.75 Å². The molecule has 3 rings (SSSR count). The Hall–Kier alpha value is -2.62. The van der Waals surface area contributed by atoms with Gasteiger partial charge >= 0.3 is 0 Å². The van der Waals surface area contributed by atoms with Crippen molar-refractivity contribution in [3.05, 3.63) is 60.0 Å². The van der Waals surface area contributed by atoms with Gasteiger partial charge in [0, 0.05) is 10.9 Å². The molecule has 0 aliphatic rings. The molecule has 100 valence electrons. The molecule has 0 N–H and O–H groups in total. The standard InChI is InChI=1S/C16H13NO3/c1-11(18)14-7-6-13-4-2-3-5-15(13)16(14)19-9-12-8-17-20-10-12/h2-8,10H,9H2,1H3. The summed E-state index contributed by atoms with van der Waals surface area (Å²) in [5, 5.41) is 5.60. The summed E-state index contributed by atoms with van der Waals surface area (Å²) in [7, 11) is 0. The number of rotatable bonds is 4. The van der Waals surface area contributed by atoms with Crippen LogP contribution >= 0.6 is 0 Å². The van der Waals surface area contributed by atoms with E-state index in [0.717, 1.165) is 16.3 Å². The van der Waals surface area contributed by atoms with Gasteiger partial charge in [0.15, 0.2) is 5.78 Å². The summed E-state index contributed by atoms with van der Waals surface area (Å²) in [6.07, 6.45) is 3.12. The largest absolute Gasteiger partial charge is 0.487 e. The first-order valence-corrected chi connectivity index (χ1v) is 6.29. The molecule has 0 radical (unpaired) electrons. The number of fused-ring (bicyclic) bond motifs is 1. The lowest BCUT2D eigenvalue weighted by molar-refractivity contribution is 0.101. The third-order valence-corrected chi connectivity index (χ3v) is 3.13. The van der Waals surface area contributed by atoms with Gasteiger partial charge in [-0.3, -0.25) is 4.79 Å². The molecule has 2 aromatic carbocycles. The normalized spacial score (nSPS) is 10.7. The number of hydrogen-bond donors (Lipinski definition) is 0. The molecule has 0 unspecified atom stereocenters. The molecule has 0 atom stereocenters. The average Bonchev–Trinajstić information content (AvgIpc) is 2.97. The maximum absolute atomic E-state index is 11.8. The van der Waals surface area contributed by atoms with Crippen molar-refractivity contribution < 1.29 is 14.1 Å². The number of ketones is 1. The van der Waals surface area contributed by atoms with Gasteiger partial charge in [-0.15, -0.1) is 0 Å². The van der Waals surface area contributed by atoms with Crippen molar-refractivity contribution in [3.8, 4) is 5.75 Å². The van der Waals surface area contributed by atoms with Gasteiger partial charge in [0.25, 0.3) is 0 Å². The van der Waals surface area contributed by atoms with E-state index in [4.69, 9.17) is 9.26 Å². The van der Waals surface area contributed by atoms with Gasteiger partial charge in [0.1, 0.15) is 18.6 Å². The van der Waals surface area contributed by atoms with E-state index in [2.05, 4.69) is 5.16 Å². The predicted molar refractivity (Wildman–Crippen MR) is 74.8 cm³/mol. The second kappa shape index (κ2) is 5.17. The van der Waals surface area contributed by atoms with Gasteiger partial charge in [0.05, 0.1) is 11.8 Å². The van der Waals surface area contributed by atoms with E-state index in [9.17, 15) is 4.79 Å². The molecular weight excluding hydrogens is 254 g/mol. The van der Waals surface area contributed by atoms with Crippen LogP contribution in [-0.2, 0) is 6.61 Å². The minimum atomic E-state index is -0.0175. The van der Waals surface area contributed by atoms with Crippen LogP contribution in [0.15, 0.2) is 53.4 Å². The van der Waals surface area contributed by atoms with Crippen LogP contribution in [0.3, 0.4) is 0 Å². The summed E-state index contributed by atoms with van der Waals surface area (Å²) in [4.78, 5) is 11.8. The Morgan fingerprint density at radius 2 is 2.10 bits per heavy atom. The van der Waals surface area contributed by atoms with Gasteiger partial charge in [0.2, 0.25) is 0 Å². The molecule has 4 heteroatoms. The molecule has 0 aliphatic carbocycles. The Labute approximate surface area is 116 Å². The Morgan fingerprint density at radius 3 is 2.85 bits per heavy atom. The zero-order valence-electron chi connectivity index (χ0n) is 11.0. The quantitative estimate of drug-likeness (QED) is 0.677. The second-order valence-electron chi connectivity index (χ2n) is 4.54. The van der Waals surface area contributed by atoms with Gasteiger partial charge in [-0.2, -0.15) is 0 Å². The molecule has 0 amide bonds. The van der Waals surface area contributed by atoms with E-state index in [-0.39, 0.29) is 5.78 Å². The third-order valence-electron chi connectivity index (χ3n) is 3.13. The summed E-state index contributed by atoms with van der Waals surface area (Å²) in [6.45, 7) is 1.86. The Balaban J connectivity index is 2.05. The van der Waals surface area contributed by atoms with Crippen molar-refractivity contribution in [2.24, 2.45) is 0 Å². The number of carbonyl (C=O) groups excluding carboxylic acids is 1. The number of nitrogens with zero attached hydrogens (tertiary/aromatic N) is 1. The number of benzene rings is 2. The fourth-order valence-electron chi connectivity index (χ4n) is 2.13. The zero-order chi connectivity index (χ0) is 13.9. The molecule has 0 spiro atoms. The van der Waals surface area contributed by atoms with E-state index in [0.29, 0.717) is 17.9 Å². The van der Waals surface area contributed by atoms with E-state index in [1.165, 1.54) is 13.2 Å². The average molecular weight is 267 g/mol. The van der Waals surface area contributed by atoms with Crippen molar-refractivity contribution in [1.82, 2.24) is 5.16 Å². The van der Waals surface area contributed by atoms with E-state index >= 15 is 0 Å². The van der Waals surface area contributed by atoms with Crippen molar-refractivity contribution >= 4 is 16.6 Å². The van der Waals surface area contributed by atoms with Gasteiger partial charge < -0.3 is 9.26 Å². The molecular formula is C16H13NO3. The van der Waals surface area contributed by atoms with Crippen LogP contribution in [0.1, 0.15) is 22.8 Å². The molecule has 0 fully saturated rings. The molecule has 0 bridgehead atoms. The first kappa shape index (κ1) is 12.4. The van der Waals surface area contributed by atoms with Gasteiger partial charge in [-0.05, 0) is 18.4 Å². The molecule has 0 aliphatic heterocycles. The van der Waals surface area contributed by atoms with E-state index < -0.39 is 0 Å². The number of ether oxygens (including phenoxy) is 1. The SMILES string of the molecule is CC(=O)c1ccc2ccccc2c1OCc1cnoc1. The third kappa shape index (κ3) is 2.28. The highest BCUT2D eigenvalue weighted by Crippen LogP contribution is 2.30. The highest BCUT2D eigenvalue weighted by atomic mass is 16.5.